The molecule has 4 rings (SSSR count). The Labute approximate surface area is 177 Å². The van der Waals surface area contributed by atoms with Gasteiger partial charge in [-0.2, -0.15) is 9.97 Å². The van der Waals surface area contributed by atoms with Crippen molar-refractivity contribution in [3.05, 3.63) is 33.2 Å². The molecule has 0 bridgehead atoms. The van der Waals surface area contributed by atoms with Gasteiger partial charge in [-0.05, 0) is 72.0 Å². The Bertz CT molecular complexity index is 1010. The highest BCUT2D eigenvalue weighted by atomic mass is 127. The molecule has 0 atom stereocenters. The van der Waals surface area contributed by atoms with E-state index in [2.05, 4.69) is 48.9 Å². The van der Waals surface area contributed by atoms with Gasteiger partial charge in [-0.25, -0.2) is 4.98 Å². The van der Waals surface area contributed by atoms with Gasteiger partial charge in [-0.15, -0.1) is 0 Å². The number of fused-ring (bicyclic) bond motifs is 1. The fourth-order valence-electron chi connectivity index (χ4n) is 3.69. The molecular formula is C19H25IN8. The molecule has 9 heteroatoms. The molecule has 8 nitrogen and oxygen atoms in total. The smallest absolute Gasteiger partial charge is 0.226 e. The van der Waals surface area contributed by atoms with Crippen LogP contribution in [0.1, 0.15) is 37.1 Å². The maximum atomic E-state index is 6.20. The Morgan fingerprint density at radius 2 is 1.89 bits per heavy atom. The van der Waals surface area contributed by atoms with Gasteiger partial charge in [0.05, 0.1) is 0 Å². The number of nitrogen functional groups attached to an aromatic ring is 2. The molecule has 1 saturated carbocycles. The number of nitrogens with one attached hydrogen (secondary N) is 1. The Kier molecular flexibility index (Phi) is 5.28. The second kappa shape index (κ2) is 7.70. The lowest BCUT2D eigenvalue weighted by molar-refractivity contribution is 0.410. The number of nitrogens with zero attached hydrogens (tertiary/aromatic N) is 4. The van der Waals surface area contributed by atoms with Gasteiger partial charge < -0.3 is 27.1 Å². The highest BCUT2D eigenvalue weighted by Gasteiger charge is 2.21. The van der Waals surface area contributed by atoms with Crippen LogP contribution in [0.15, 0.2) is 18.2 Å². The van der Waals surface area contributed by atoms with Crippen LogP contribution in [0.5, 0.6) is 0 Å². The van der Waals surface area contributed by atoms with Crippen molar-refractivity contribution in [3.8, 4) is 0 Å². The number of imidazole rings is 1. The zero-order valence-corrected chi connectivity index (χ0v) is 18.0. The second-order valence-electron chi connectivity index (χ2n) is 7.47. The highest BCUT2D eigenvalue weighted by Crippen LogP contribution is 2.25. The Morgan fingerprint density at radius 1 is 1.14 bits per heavy atom. The van der Waals surface area contributed by atoms with E-state index in [1.54, 1.807) is 0 Å². The summed E-state index contributed by atoms with van der Waals surface area (Å²) in [7, 11) is 1.95. The number of hydrogen-bond acceptors (Lipinski definition) is 7. The first-order chi connectivity index (χ1) is 13.4. The molecule has 148 valence electrons. The molecule has 7 N–H and O–H groups in total. The Morgan fingerprint density at radius 3 is 2.64 bits per heavy atom. The van der Waals surface area contributed by atoms with Crippen LogP contribution in [-0.4, -0.2) is 31.6 Å². The molecule has 0 amide bonds. The third-order valence-electron chi connectivity index (χ3n) is 5.40. The number of nitrogens with two attached hydrogens (primary N) is 3. The quantitative estimate of drug-likeness (QED) is 0.325. The predicted molar refractivity (Wildman–Crippen MR) is 121 cm³/mol. The van der Waals surface area contributed by atoms with Crippen molar-refractivity contribution in [2.75, 3.05) is 16.8 Å². The van der Waals surface area contributed by atoms with E-state index in [9.17, 15) is 0 Å². The molecule has 28 heavy (non-hydrogen) atoms. The van der Waals surface area contributed by atoms with Crippen LogP contribution in [0.2, 0.25) is 0 Å². The fourth-order valence-corrected chi connectivity index (χ4v) is 4.25. The van der Waals surface area contributed by atoms with Gasteiger partial charge in [0.25, 0.3) is 0 Å². The van der Waals surface area contributed by atoms with Crippen LogP contribution < -0.4 is 22.5 Å². The van der Waals surface area contributed by atoms with E-state index in [4.69, 9.17) is 17.2 Å². The molecule has 0 spiro atoms. The summed E-state index contributed by atoms with van der Waals surface area (Å²) in [5.74, 6) is 1.79. The molecular weight excluding hydrogens is 467 g/mol. The number of aromatic nitrogens is 4. The third-order valence-corrected chi connectivity index (χ3v) is 6.07. The van der Waals surface area contributed by atoms with Crippen LogP contribution in [0, 0.1) is 3.57 Å². The number of rotatable bonds is 4. The lowest BCUT2D eigenvalue weighted by atomic mass is 9.92. The third kappa shape index (κ3) is 3.86. The monoisotopic (exact) mass is 492 g/mol. The summed E-state index contributed by atoms with van der Waals surface area (Å²) in [6.45, 7) is 0. The van der Waals surface area contributed by atoms with Crippen molar-refractivity contribution < 1.29 is 0 Å². The molecule has 2 heterocycles. The van der Waals surface area contributed by atoms with Crippen molar-refractivity contribution in [1.82, 2.24) is 19.5 Å². The number of hydrogen-bond donors (Lipinski definition) is 4. The minimum atomic E-state index is 0.305. The van der Waals surface area contributed by atoms with Crippen molar-refractivity contribution >= 4 is 51.2 Å². The molecule has 1 aliphatic rings. The van der Waals surface area contributed by atoms with Crippen LogP contribution in [-0.2, 0) is 13.5 Å². The van der Waals surface area contributed by atoms with Gasteiger partial charge in [0.1, 0.15) is 5.82 Å². The van der Waals surface area contributed by atoms with Crippen molar-refractivity contribution in [1.29, 1.82) is 0 Å². The number of aryl methyl sites for hydroxylation is 1. The van der Waals surface area contributed by atoms with E-state index in [1.165, 1.54) is 0 Å². The first-order valence-electron chi connectivity index (χ1n) is 9.45. The van der Waals surface area contributed by atoms with E-state index in [0.29, 0.717) is 35.8 Å². The summed E-state index contributed by atoms with van der Waals surface area (Å²) in [4.78, 5) is 13.8. The summed E-state index contributed by atoms with van der Waals surface area (Å²) < 4.78 is 3.10. The van der Waals surface area contributed by atoms with E-state index in [-0.39, 0.29) is 0 Å². The SMILES string of the molecule is Cn1c(Cc2cc(I)ccc2N)nc2c(N)nc(NC3CCC(N)CC3)nc21. The summed E-state index contributed by atoms with van der Waals surface area (Å²) in [6.07, 6.45) is 4.68. The normalized spacial score (nSPS) is 19.8. The number of anilines is 3. The minimum absolute atomic E-state index is 0.305. The molecule has 0 radical (unpaired) electrons. The summed E-state index contributed by atoms with van der Waals surface area (Å²) in [6, 6.07) is 6.63. The standard InChI is InChI=1S/C19H25IN8/c1-28-15(9-10-8-11(20)2-7-14(10)22)25-16-17(23)26-19(27-18(16)28)24-13-5-3-12(21)4-6-13/h2,7-8,12-13H,3-6,9,21-22H2,1H3,(H3,23,24,26,27). The second-order valence-corrected chi connectivity index (χ2v) is 8.71. The Hall–Kier alpha value is -2.14. The zero-order chi connectivity index (χ0) is 19.8. The first kappa shape index (κ1) is 19.2. The van der Waals surface area contributed by atoms with Crippen LogP contribution in [0.25, 0.3) is 11.2 Å². The molecule has 0 unspecified atom stereocenters. The van der Waals surface area contributed by atoms with Crippen molar-refractivity contribution in [2.24, 2.45) is 12.8 Å². The first-order valence-corrected chi connectivity index (χ1v) is 10.5. The fraction of sp³-hybridized carbons (Fsp3) is 0.421. The summed E-state index contributed by atoms with van der Waals surface area (Å²) in [5.41, 5.74) is 21.5. The highest BCUT2D eigenvalue weighted by molar-refractivity contribution is 14.1. The molecule has 0 aliphatic heterocycles. The lowest BCUT2D eigenvalue weighted by Crippen LogP contribution is -2.33. The molecule has 1 aromatic carbocycles. The average molecular weight is 492 g/mol. The topological polar surface area (TPSA) is 134 Å². The molecule has 1 fully saturated rings. The van der Waals surface area contributed by atoms with Gasteiger partial charge in [0.2, 0.25) is 5.95 Å². The van der Waals surface area contributed by atoms with Crippen LogP contribution in [0.3, 0.4) is 0 Å². The van der Waals surface area contributed by atoms with Crippen LogP contribution >= 0.6 is 22.6 Å². The maximum Gasteiger partial charge on any atom is 0.226 e. The largest absolute Gasteiger partial charge is 0.398 e. The average Bonchev–Trinajstić information content (AvgIpc) is 2.97. The van der Waals surface area contributed by atoms with Gasteiger partial charge >= 0.3 is 0 Å². The summed E-state index contributed by atoms with van der Waals surface area (Å²) in [5, 5.41) is 3.42. The Balaban J connectivity index is 1.63. The van der Waals surface area contributed by atoms with Gasteiger partial charge in [-0.3, -0.25) is 0 Å². The lowest BCUT2D eigenvalue weighted by Gasteiger charge is -2.26. The summed E-state index contributed by atoms with van der Waals surface area (Å²) >= 11 is 2.28. The van der Waals surface area contributed by atoms with Crippen LogP contribution in [0.4, 0.5) is 17.5 Å². The van der Waals surface area contributed by atoms with E-state index in [1.807, 2.05) is 23.7 Å². The van der Waals surface area contributed by atoms with Crippen molar-refractivity contribution in [3.63, 3.8) is 0 Å². The van der Waals surface area contributed by atoms with E-state index in [0.717, 1.165) is 52.0 Å². The van der Waals surface area contributed by atoms with Crippen molar-refractivity contribution in [2.45, 2.75) is 44.2 Å². The number of halogens is 1. The molecule has 3 aromatic rings. The minimum Gasteiger partial charge on any atom is -0.398 e. The van der Waals surface area contributed by atoms with E-state index < -0.39 is 0 Å². The predicted octanol–water partition coefficient (Wildman–Crippen LogP) is 2.40. The van der Waals surface area contributed by atoms with Gasteiger partial charge in [-0.1, -0.05) is 0 Å². The number of benzene rings is 1. The molecule has 0 saturated heterocycles. The maximum absolute atomic E-state index is 6.20. The molecule has 2 aromatic heterocycles. The van der Waals surface area contributed by atoms with E-state index >= 15 is 0 Å². The van der Waals surface area contributed by atoms with Gasteiger partial charge in [0.15, 0.2) is 17.0 Å². The molecule has 1 aliphatic carbocycles. The zero-order valence-electron chi connectivity index (χ0n) is 15.8. The van der Waals surface area contributed by atoms with Gasteiger partial charge in [0, 0.05) is 34.8 Å².